The van der Waals surface area contributed by atoms with Crippen LogP contribution in [-0.4, -0.2) is 28.8 Å². The number of nitrogens with one attached hydrogen (secondary N) is 1. The predicted octanol–water partition coefficient (Wildman–Crippen LogP) is 3.53. The smallest absolute Gasteiger partial charge is 0.338 e. The summed E-state index contributed by atoms with van der Waals surface area (Å²) in [6.07, 6.45) is 4.24. The van der Waals surface area contributed by atoms with E-state index >= 15 is 0 Å². The molecule has 0 aliphatic rings. The summed E-state index contributed by atoms with van der Waals surface area (Å²) in [4.78, 5) is 24.2. The standard InChI is InChI=1S/C21H21N3O3/c1-3-15-8-10-16(11-9-15)20(25)23-18-12-22-24(14-18)13-17-6-4-5-7-19(17)21(26)27-2/h4-12,14H,3,13H2,1-2H3,(H,23,25). The second-order valence-corrected chi connectivity index (χ2v) is 6.08. The van der Waals surface area contributed by atoms with Crippen molar-refractivity contribution in [3.05, 3.63) is 83.2 Å². The van der Waals surface area contributed by atoms with Crippen LogP contribution in [0, 0.1) is 0 Å². The molecule has 6 heteroatoms. The van der Waals surface area contributed by atoms with Crippen LogP contribution in [0.3, 0.4) is 0 Å². The number of ether oxygens (including phenoxy) is 1. The van der Waals surface area contributed by atoms with Gasteiger partial charge in [0.25, 0.3) is 5.91 Å². The minimum Gasteiger partial charge on any atom is -0.465 e. The van der Waals surface area contributed by atoms with E-state index in [-0.39, 0.29) is 11.9 Å². The Morgan fingerprint density at radius 1 is 1.11 bits per heavy atom. The van der Waals surface area contributed by atoms with Gasteiger partial charge in [-0.05, 0) is 35.7 Å². The molecule has 0 unspecified atom stereocenters. The molecule has 3 rings (SSSR count). The van der Waals surface area contributed by atoms with Gasteiger partial charge < -0.3 is 10.1 Å². The van der Waals surface area contributed by atoms with Crippen molar-refractivity contribution in [1.29, 1.82) is 0 Å². The number of esters is 1. The van der Waals surface area contributed by atoms with Crippen LogP contribution in [0.2, 0.25) is 0 Å². The summed E-state index contributed by atoms with van der Waals surface area (Å²) in [5.74, 6) is -0.575. The summed E-state index contributed by atoms with van der Waals surface area (Å²) in [5, 5.41) is 7.10. The van der Waals surface area contributed by atoms with Gasteiger partial charge in [0, 0.05) is 11.8 Å². The summed E-state index contributed by atoms with van der Waals surface area (Å²) in [7, 11) is 1.35. The number of carbonyl (C=O) groups excluding carboxylic acids is 2. The summed E-state index contributed by atoms with van der Waals surface area (Å²) in [6, 6.07) is 14.7. The highest BCUT2D eigenvalue weighted by atomic mass is 16.5. The molecule has 0 saturated carbocycles. The van der Waals surface area contributed by atoms with Crippen molar-refractivity contribution in [3.8, 4) is 0 Å². The normalized spacial score (nSPS) is 10.4. The molecule has 0 saturated heterocycles. The summed E-state index contributed by atoms with van der Waals surface area (Å²) in [5.41, 5.74) is 3.66. The van der Waals surface area contributed by atoms with Crippen molar-refractivity contribution >= 4 is 17.6 Å². The third kappa shape index (κ3) is 4.41. The number of aryl methyl sites for hydroxylation is 1. The molecule has 1 N–H and O–H groups in total. The van der Waals surface area contributed by atoms with E-state index in [1.54, 1.807) is 29.2 Å². The maximum atomic E-state index is 12.4. The number of rotatable bonds is 6. The van der Waals surface area contributed by atoms with Crippen molar-refractivity contribution < 1.29 is 14.3 Å². The van der Waals surface area contributed by atoms with Crippen molar-refractivity contribution in [3.63, 3.8) is 0 Å². The topological polar surface area (TPSA) is 73.2 Å². The van der Waals surface area contributed by atoms with Gasteiger partial charge in [0.15, 0.2) is 0 Å². The molecule has 0 spiro atoms. The zero-order valence-electron chi connectivity index (χ0n) is 15.3. The highest BCUT2D eigenvalue weighted by Gasteiger charge is 2.12. The molecule has 1 amide bonds. The zero-order valence-corrected chi connectivity index (χ0v) is 15.3. The Labute approximate surface area is 157 Å². The molecule has 2 aromatic carbocycles. The van der Waals surface area contributed by atoms with E-state index in [2.05, 4.69) is 17.3 Å². The number of hydrogen-bond acceptors (Lipinski definition) is 4. The number of hydrogen-bond donors (Lipinski definition) is 1. The number of methoxy groups -OCH3 is 1. The minimum absolute atomic E-state index is 0.188. The van der Waals surface area contributed by atoms with Gasteiger partial charge in [-0.15, -0.1) is 0 Å². The molecule has 0 atom stereocenters. The summed E-state index contributed by atoms with van der Waals surface area (Å²) < 4.78 is 6.48. The first-order valence-corrected chi connectivity index (χ1v) is 8.69. The van der Waals surface area contributed by atoms with Crippen LogP contribution in [0.4, 0.5) is 5.69 Å². The van der Waals surface area contributed by atoms with Crippen LogP contribution in [0.5, 0.6) is 0 Å². The fourth-order valence-electron chi connectivity index (χ4n) is 2.75. The molecule has 0 bridgehead atoms. The zero-order chi connectivity index (χ0) is 19.2. The molecule has 0 radical (unpaired) electrons. The van der Waals surface area contributed by atoms with E-state index in [4.69, 9.17) is 4.74 Å². The number of amides is 1. The lowest BCUT2D eigenvalue weighted by molar-refractivity contribution is 0.0599. The van der Waals surface area contributed by atoms with Gasteiger partial charge in [-0.25, -0.2) is 4.79 Å². The quantitative estimate of drug-likeness (QED) is 0.680. The van der Waals surface area contributed by atoms with E-state index in [9.17, 15) is 9.59 Å². The van der Waals surface area contributed by atoms with Crippen LogP contribution in [0.1, 0.15) is 38.8 Å². The van der Waals surface area contributed by atoms with Crippen LogP contribution in [0.25, 0.3) is 0 Å². The monoisotopic (exact) mass is 363 g/mol. The van der Waals surface area contributed by atoms with Gasteiger partial charge in [-0.2, -0.15) is 5.10 Å². The van der Waals surface area contributed by atoms with E-state index in [1.807, 2.05) is 36.4 Å². The van der Waals surface area contributed by atoms with Crippen molar-refractivity contribution in [1.82, 2.24) is 9.78 Å². The Balaban J connectivity index is 1.70. The lowest BCUT2D eigenvalue weighted by Gasteiger charge is -2.07. The highest BCUT2D eigenvalue weighted by Crippen LogP contribution is 2.14. The van der Waals surface area contributed by atoms with E-state index in [0.29, 0.717) is 23.4 Å². The first kappa shape index (κ1) is 18.4. The molecular weight excluding hydrogens is 342 g/mol. The van der Waals surface area contributed by atoms with Gasteiger partial charge in [-0.3, -0.25) is 9.48 Å². The molecule has 1 aromatic heterocycles. The summed E-state index contributed by atoms with van der Waals surface area (Å²) in [6.45, 7) is 2.47. The molecule has 27 heavy (non-hydrogen) atoms. The molecule has 0 aliphatic heterocycles. The maximum Gasteiger partial charge on any atom is 0.338 e. The Morgan fingerprint density at radius 2 is 1.85 bits per heavy atom. The molecule has 6 nitrogen and oxygen atoms in total. The molecular formula is C21H21N3O3. The van der Waals surface area contributed by atoms with Gasteiger partial charge in [-0.1, -0.05) is 37.3 Å². The molecule has 3 aromatic rings. The SMILES string of the molecule is CCc1ccc(C(=O)Nc2cnn(Cc3ccccc3C(=O)OC)c2)cc1. The number of anilines is 1. The van der Waals surface area contributed by atoms with Crippen molar-refractivity contribution in [2.75, 3.05) is 12.4 Å². The fraction of sp³-hybridized carbons (Fsp3) is 0.190. The van der Waals surface area contributed by atoms with Gasteiger partial charge >= 0.3 is 5.97 Å². The van der Waals surface area contributed by atoms with Gasteiger partial charge in [0.05, 0.1) is 31.1 Å². The molecule has 138 valence electrons. The lowest BCUT2D eigenvalue weighted by atomic mass is 10.1. The second-order valence-electron chi connectivity index (χ2n) is 6.08. The third-order valence-corrected chi connectivity index (χ3v) is 4.27. The average Bonchev–Trinajstić information content (AvgIpc) is 3.14. The minimum atomic E-state index is -0.387. The van der Waals surface area contributed by atoms with E-state index in [0.717, 1.165) is 12.0 Å². The first-order chi connectivity index (χ1) is 13.1. The average molecular weight is 363 g/mol. The number of nitrogens with zero attached hydrogens (tertiary/aromatic N) is 2. The number of benzene rings is 2. The van der Waals surface area contributed by atoms with Crippen molar-refractivity contribution in [2.45, 2.75) is 19.9 Å². The van der Waals surface area contributed by atoms with Crippen LogP contribution >= 0.6 is 0 Å². The fourth-order valence-corrected chi connectivity index (χ4v) is 2.75. The maximum absolute atomic E-state index is 12.4. The van der Waals surface area contributed by atoms with E-state index in [1.165, 1.54) is 12.7 Å². The van der Waals surface area contributed by atoms with Crippen molar-refractivity contribution in [2.24, 2.45) is 0 Å². The highest BCUT2D eigenvalue weighted by molar-refractivity contribution is 6.04. The Bertz CT molecular complexity index is 945. The Morgan fingerprint density at radius 3 is 2.56 bits per heavy atom. The molecule has 1 heterocycles. The third-order valence-electron chi connectivity index (χ3n) is 4.27. The first-order valence-electron chi connectivity index (χ1n) is 8.69. The predicted molar refractivity (Wildman–Crippen MR) is 103 cm³/mol. The van der Waals surface area contributed by atoms with Gasteiger partial charge in [0.1, 0.15) is 0 Å². The van der Waals surface area contributed by atoms with Crippen LogP contribution in [0.15, 0.2) is 60.9 Å². The number of aromatic nitrogens is 2. The number of carbonyl (C=O) groups is 2. The second kappa shape index (κ2) is 8.31. The summed E-state index contributed by atoms with van der Waals surface area (Å²) >= 11 is 0. The Kier molecular flexibility index (Phi) is 5.66. The van der Waals surface area contributed by atoms with E-state index < -0.39 is 0 Å². The van der Waals surface area contributed by atoms with Gasteiger partial charge in [0.2, 0.25) is 0 Å². The van der Waals surface area contributed by atoms with Crippen LogP contribution in [-0.2, 0) is 17.7 Å². The lowest BCUT2D eigenvalue weighted by Crippen LogP contribution is -2.11. The Hall–Kier alpha value is -3.41. The largest absolute Gasteiger partial charge is 0.465 e. The van der Waals surface area contributed by atoms with Crippen LogP contribution < -0.4 is 5.32 Å². The molecule has 0 fully saturated rings. The molecule has 0 aliphatic carbocycles.